The molecule has 0 saturated carbocycles. The van der Waals surface area contributed by atoms with E-state index in [0.29, 0.717) is 44.6 Å². The van der Waals surface area contributed by atoms with Gasteiger partial charge in [-0.3, -0.25) is 9.59 Å². The average molecular weight is 500 g/mol. The Morgan fingerprint density at radius 3 is 2.37 bits per heavy atom. The van der Waals surface area contributed by atoms with Crippen LogP contribution >= 0.6 is 0 Å². The maximum atomic E-state index is 13.3. The van der Waals surface area contributed by atoms with E-state index in [2.05, 4.69) is 5.32 Å². The molecule has 0 radical (unpaired) electrons. The summed E-state index contributed by atoms with van der Waals surface area (Å²) in [7, 11) is -1.99. The van der Waals surface area contributed by atoms with Crippen molar-refractivity contribution in [2.45, 2.75) is 56.4 Å². The van der Waals surface area contributed by atoms with Gasteiger partial charge in [0.15, 0.2) is 0 Å². The maximum Gasteiger partial charge on any atom is 0.243 e. The van der Waals surface area contributed by atoms with E-state index in [9.17, 15) is 18.0 Å². The highest BCUT2D eigenvalue weighted by molar-refractivity contribution is 7.89. The number of fused-ring (bicyclic) bond motifs is 1. The standard InChI is InChI=1S/C26H33N3O5S/c1-34-22-11-9-20(10-12-22)18-27-25(30)19-29-24-14-13-23(17-21(24)7-6-8-26(29)31)35(32,33)28-15-4-2-3-5-16-28/h9-14,17H,2-8,15-16,18-19H2,1H3,(H,27,30). The predicted molar refractivity (Wildman–Crippen MR) is 134 cm³/mol. The zero-order valence-corrected chi connectivity index (χ0v) is 21.0. The molecule has 0 atom stereocenters. The molecule has 1 fully saturated rings. The molecule has 0 unspecified atom stereocenters. The highest BCUT2D eigenvalue weighted by Gasteiger charge is 2.29. The van der Waals surface area contributed by atoms with Crippen LogP contribution in [-0.2, 0) is 32.6 Å². The van der Waals surface area contributed by atoms with Gasteiger partial charge in [-0.15, -0.1) is 0 Å². The molecule has 9 heteroatoms. The Morgan fingerprint density at radius 2 is 1.69 bits per heavy atom. The molecule has 2 aliphatic rings. The smallest absolute Gasteiger partial charge is 0.243 e. The van der Waals surface area contributed by atoms with Crippen molar-refractivity contribution in [2.75, 3.05) is 31.6 Å². The van der Waals surface area contributed by atoms with Crippen LogP contribution < -0.4 is 15.0 Å². The number of ether oxygens (including phenoxy) is 1. The van der Waals surface area contributed by atoms with Crippen molar-refractivity contribution in [2.24, 2.45) is 0 Å². The quantitative estimate of drug-likeness (QED) is 0.631. The first kappa shape index (κ1) is 25.2. The first-order valence-corrected chi connectivity index (χ1v) is 13.7. The first-order valence-electron chi connectivity index (χ1n) is 12.2. The van der Waals surface area contributed by atoms with Gasteiger partial charge in [-0.25, -0.2) is 8.42 Å². The minimum atomic E-state index is -3.59. The summed E-state index contributed by atoms with van der Waals surface area (Å²) in [6.07, 6.45) is 5.36. The number of aryl methyl sites for hydroxylation is 1. The van der Waals surface area contributed by atoms with Gasteiger partial charge in [0, 0.05) is 31.7 Å². The van der Waals surface area contributed by atoms with E-state index < -0.39 is 10.0 Å². The number of nitrogens with one attached hydrogen (secondary N) is 1. The number of hydrogen-bond acceptors (Lipinski definition) is 5. The van der Waals surface area contributed by atoms with Crippen molar-refractivity contribution >= 4 is 27.5 Å². The topological polar surface area (TPSA) is 96.0 Å². The monoisotopic (exact) mass is 499 g/mol. The minimum absolute atomic E-state index is 0.111. The van der Waals surface area contributed by atoms with Gasteiger partial charge in [-0.05, 0) is 67.1 Å². The van der Waals surface area contributed by atoms with Crippen LogP contribution in [0.2, 0.25) is 0 Å². The van der Waals surface area contributed by atoms with Crippen LogP contribution in [0.4, 0.5) is 5.69 Å². The molecule has 4 rings (SSSR count). The Bertz CT molecular complexity index is 1160. The Morgan fingerprint density at radius 1 is 0.971 bits per heavy atom. The van der Waals surface area contributed by atoms with Crippen molar-refractivity contribution in [3.05, 3.63) is 53.6 Å². The number of nitrogens with zero attached hydrogens (tertiary/aromatic N) is 2. The third-order valence-electron chi connectivity index (χ3n) is 6.63. The molecule has 2 aromatic carbocycles. The number of methoxy groups -OCH3 is 1. The summed E-state index contributed by atoms with van der Waals surface area (Å²) in [6.45, 7) is 1.31. The van der Waals surface area contributed by atoms with Gasteiger partial charge in [0.1, 0.15) is 12.3 Å². The molecule has 35 heavy (non-hydrogen) atoms. The summed E-state index contributed by atoms with van der Waals surface area (Å²) < 4.78 is 33.3. The fraction of sp³-hybridized carbons (Fsp3) is 0.462. The van der Waals surface area contributed by atoms with Crippen LogP contribution in [0.15, 0.2) is 47.4 Å². The van der Waals surface area contributed by atoms with Gasteiger partial charge < -0.3 is 15.0 Å². The van der Waals surface area contributed by atoms with Crippen molar-refractivity contribution in [1.82, 2.24) is 9.62 Å². The van der Waals surface area contributed by atoms with Crippen LogP contribution in [0.1, 0.15) is 49.7 Å². The molecule has 2 aliphatic heterocycles. The van der Waals surface area contributed by atoms with Crippen molar-refractivity contribution < 1.29 is 22.7 Å². The van der Waals surface area contributed by atoms with Gasteiger partial charge in [0.2, 0.25) is 21.8 Å². The van der Waals surface area contributed by atoms with E-state index in [-0.39, 0.29) is 23.3 Å². The molecule has 0 bridgehead atoms. The maximum absolute atomic E-state index is 13.3. The molecular formula is C26H33N3O5S. The van der Waals surface area contributed by atoms with Crippen LogP contribution in [0.3, 0.4) is 0 Å². The minimum Gasteiger partial charge on any atom is -0.497 e. The summed E-state index contributed by atoms with van der Waals surface area (Å²) in [5.41, 5.74) is 2.32. The summed E-state index contributed by atoms with van der Waals surface area (Å²) in [5, 5.41) is 2.86. The van der Waals surface area contributed by atoms with Gasteiger partial charge in [-0.2, -0.15) is 4.31 Å². The van der Waals surface area contributed by atoms with Gasteiger partial charge in [-0.1, -0.05) is 25.0 Å². The van der Waals surface area contributed by atoms with Crippen molar-refractivity contribution in [3.63, 3.8) is 0 Å². The highest BCUT2D eigenvalue weighted by atomic mass is 32.2. The van der Waals surface area contributed by atoms with Gasteiger partial charge in [0.25, 0.3) is 0 Å². The lowest BCUT2D eigenvalue weighted by molar-refractivity contribution is -0.123. The number of anilines is 1. The third kappa shape index (κ3) is 6.02. The molecule has 0 aromatic heterocycles. The number of carbonyl (C=O) groups is 2. The largest absolute Gasteiger partial charge is 0.497 e. The Balaban J connectivity index is 1.49. The zero-order chi connectivity index (χ0) is 24.8. The molecule has 2 aromatic rings. The van der Waals surface area contributed by atoms with E-state index in [4.69, 9.17) is 4.74 Å². The lowest BCUT2D eigenvalue weighted by Crippen LogP contribution is -2.40. The fourth-order valence-corrected chi connectivity index (χ4v) is 6.20. The second-order valence-corrected chi connectivity index (χ2v) is 11.0. The van der Waals surface area contributed by atoms with Crippen LogP contribution in [0.25, 0.3) is 0 Å². The summed E-state index contributed by atoms with van der Waals surface area (Å²) in [5.74, 6) is 0.332. The van der Waals surface area contributed by atoms with Gasteiger partial charge >= 0.3 is 0 Å². The second kappa shape index (κ2) is 11.2. The first-order chi connectivity index (χ1) is 16.9. The number of amides is 2. The molecule has 188 valence electrons. The second-order valence-electron chi connectivity index (χ2n) is 9.07. The van der Waals surface area contributed by atoms with E-state index in [1.54, 1.807) is 29.6 Å². The van der Waals surface area contributed by atoms with Crippen LogP contribution in [0, 0.1) is 0 Å². The van der Waals surface area contributed by atoms with Crippen LogP contribution in [-0.4, -0.2) is 51.3 Å². The lowest BCUT2D eigenvalue weighted by Gasteiger charge is -2.24. The molecule has 0 spiro atoms. The zero-order valence-electron chi connectivity index (χ0n) is 20.2. The van der Waals surface area contributed by atoms with Crippen LogP contribution in [0.5, 0.6) is 5.75 Å². The Labute approximate surface area is 207 Å². The Hall–Kier alpha value is -2.91. The highest BCUT2D eigenvalue weighted by Crippen LogP contribution is 2.31. The SMILES string of the molecule is COc1ccc(CNC(=O)CN2C(=O)CCCc3cc(S(=O)(=O)N4CCCCCC4)ccc32)cc1. The Kier molecular flexibility index (Phi) is 8.07. The average Bonchev–Trinajstić information content (AvgIpc) is 3.23. The van der Waals surface area contributed by atoms with E-state index >= 15 is 0 Å². The molecule has 1 saturated heterocycles. The lowest BCUT2D eigenvalue weighted by atomic mass is 10.1. The fourth-order valence-electron chi connectivity index (χ4n) is 4.63. The van der Waals surface area contributed by atoms with E-state index in [0.717, 1.165) is 42.6 Å². The van der Waals surface area contributed by atoms with Crippen molar-refractivity contribution in [1.29, 1.82) is 0 Å². The number of carbonyl (C=O) groups excluding carboxylic acids is 2. The summed E-state index contributed by atoms with van der Waals surface area (Å²) >= 11 is 0. The predicted octanol–water partition coefficient (Wildman–Crippen LogP) is 3.25. The summed E-state index contributed by atoms with van der Waals surface area (Å²) in [4.78, 5) is 27.3. The normalized spacial score (nSPS) is 17.3. The van der Waals surface area contributed by atoms with E-state index in [1.165, 1.54) is 4.90 Å². The molecule has 2 heterocycles. The molecule has 8 nitrogen and oxygen atoms in total. The molecule has 1 N–H and O–H groups in total. The van der Waals surface area contributed by atoms with Crippen molar-refractivity contribution in [3.8, 4) is 5.75 Å². The summed E-state index contributed by atoms with van der Waals surface area (Å²) in [6, 6.07) is 12.3. The number of hydrogen-bond donors (Lipinski definition) is 1. The molecular weight excluding hydrogens is 466 g/mol. The molecule has 2 amide bonds. The number of sulfonamides is 1. The van der Waals surface area contributed by atoms with E-state index in [1.807, 2.05) is 24.3 Å². The molecule has 0 aliphatic carbocycles. The number of rotatable bonds is 7. The third-order valence-corrected chi connectivity index (χ3v) is 8.53. The number of benzene rings is 2. The van der Waals surface area contributed by atoms with Gasteiger partial charge in [0.05, 0.1) is 12.0 Å².